The average Bonchev–Trinajstić information content (AvgIpc) is 2.07. The zero-order valence-corrected chi connectivity index (χ0v) is 9.72. The summed E-state index contributed by atoms with van der Waals surface area (Å²) < 4.78 is 25.4. The largest absolute Gasteiger partial charge is 0.300 e. The van der Waals surface area contributed by atoms with Gasteiger partial charge in [-0.3, -0.25) is 4.79 Å². The Morgan fingerprint density at radius 3 is 2.64 bits per heavy atom. The Morgan fingerprint density at radius 2 is 2.14 bits per heavy atom. The summed E-state index contributed by atoms with van der Waals surface area (Å²) in [5.74, 6) is -0.0218. The molecule has 0 spiro atoms. The third-order valence-electron chi connectivity index (χ3n) is 1.75. The lowest BCUT2D eigenvalue weighted by atomic mass is 10.1. The SMILES string of the molecule is CC(=O)Cc1ccc(I)c(C(F)F)c1. The average molecular weight is 310 g/mol. The second-order valence-electron chi connectivity index (χ2n) is 3.04. The molecule has 0 radical (unpaired) electrons. The van der Waals surface area contributed by atoms with Gasteiger partial charge in [0.1, 0.15) is 5.78 Å². The fraction of sp³-hybridized carbons (Fsp3) is 0.300. The first-order valence-corrected chi connectivity index (χ1v) is 5.14. The molecule has 1 nitrogen and oxygen atoms in total. The van der Waals surface area contributed by atoms with Crippen molar-refractivity contribution in [3.8, 4) is 0 Å². The molecule has 0 aliphatic heterocycles. The number of carbonyl (C=O) groups is 1. The summed E-state index contributed by atoms with van der Waals surface area (Å²) in [5.41, 5.74) is 0.651. The summed E-state index contributed by atoms with van der Waals surface area (Å²) in [7, 11) is 0. The highest BCUT2D eigenvalue weighted by Gasteiger charge is 2.12. The zero-order chi connectivity index (χ0) is 10.7. The lowest BCUT2D eigenvalue weighted by Crippen LogP contribution is -1.98. The Kier molecular flexibility index (Phi) is 3.97. The van der Waals surface area contributed by atoms with Gasteiger partial charge >= 0.3 is 0 Å². The van der Waals surface area contributed by atoms with Crippen LogP contribution in [0, 0.1) is 3.57 Å². The Labute approximate surface area is 94.6 Å². The molecule has 1 rings (SSSR count). The van der Waals surface area contributed by atoms with Crippen molar-refractivity contribution in [2.75, 3.05) is 0 Å². The van der Waals surface area contributed by atoms with Crippen LogP contribution < -0.4 is 0 Å². The van der Waals surface area contributed by atoms with E-state index in [2.05, 4.69) is 0 Å². The molecule has 0 aliphatic rings. The van der Waals surface area contributed by atoms with E-state index in [1.165, 1.54) is 13.0 Å². The molecule has 0 atom stereocenters. The van der Waals surface area contributed by atoms with Crippen LogP contribution in [0.5, 0.6) is 0 Å². The van der Waals surface area contributed by atoms with Crippen molar-refractivity contribution in [3.05, 3.63) is 32.9 Å². The fourth-order valence-electron chi connectivity index (χ4n) is 1.16. The molecule has 0 fully saturated rings. The predicted molar refractivity (Wildman–Crippen MR) is 58.5 cm³/mol. The first-order chi connectivity index (χ1) is 6.50. The molecule has 0 amide bonds. The number of Topliss-reactive ketones (excluding diaryl/α,β-unsaturated/α-hetero) is 1. The quantitative estimate of drug-likeness (QED) is 0.783. The van der Waals surface area contributed by atoms with E-state index < -0.39 is 6.43 Å². The minimum atomic E-state index is -2.48. The van der Waals surface area contributed by atoms with E-state index in [4.69, 9.17) is 0 Å². The molecule has 0 bridgehead atoms. The molecule has 0 aromatic heterocycles. The van der Waals surface area contributed by atoms with Gasteiger partial charge < -0.3 is 0 Å². The third kappa shape index (κ3) is 3.01. The van der Waals surface area contributed by atoms with Crippen molar-refractivity contribution < 1.29 is 13.6 Å². The molecule has 76 valence electrons. The van der Waals surface area contributed by atoms with Gasteiger partial charge in [-0.1, -0.05) is 6.07 Å². The van der Waals surface area contributed by atoms with Gasteiger partial charge in [-0.05, 0) is 47.2 Å². The van der Waals surface area contributed by atoms with Crippen LogP contribution in [0.15, 0.2) is 18.2 Å². The predicted octanol–water partition coefficient (Wildman–Crippen LogP) is 3.36. The normalized spacial score (nSPS) is 10.6. The van der Waals surface area contributed by atoms with Crippen LogP contribution in [0.25, 0.3) is 0 Å². The highest BCUT2D eigenvalue weighted by atomic mass is 127. The summed E-state index contributed by atoms with van der Waals surface area (Å²) in [6.45, 7) is 1.44. The van der Waals surface area contributed by atoms with E-state index in [-0.39, 0.29) is 17.8 Å². The summed E-state index contributed by atoms with van der Waals surface area (Å²) in [4.78, 5) is 10.8. The molecule has 0 saturated heterocycles. The van der Waals surface area contributed by atoms with Crippen LogP contribution in [-0.2, 0) is 11.2 Å². The molecule has 0 aliphatic carbocycles. The second kappa shape index (κ2) is 4.82. The van der Waals surface area contributed by atoms with Crippen molar-refractivity contribution in [1.29, 1.82) is 0 Å². The second-order valence-corrected chi connectivity index (χ2v) is 4.20. The third-order valence-corrected chi connectivity index (χ3v) is 2.73. The Bertz CT molecular complexity index is 350. The molecular weight excluding hydrogens is 301 g/mol. The first kappa shape index (κ1) is 11.6. The Morgan fingerprint density at radius 1 is 1.50 bits per heavy atom. The van der Waals surface area contributed by atoms with Gasteiger partial charge in [0.2, 0.25) is 0 Å². The minimum Gasteiger partial charge on any atom is -0.300 e. The summed E-state index contributed by atoms with van der Waals surface area (Å²) in [5, 5.41) is 0. The van der Waals surface area contributed by atoms with Crippen LogP contribution in [-0.4, -0.2) is 5.78 Å². The van der Waals surface area contributed by atoms with Gasteiger partial charge in [0.05, 0.1) is 0 Å². The summed E-state index contributed by atoms with van der Waals surface area (Å²) in [6, 6.07) is 4.71. The monoisotopic (exact) mass is 310 g/mol. The van der Waals surface area contributed by atoms with E-state index in [0.29, 0.717) is 9.13 Å². The van der Waals surface area contributed by atoms with Gasteiger partial charge in [0.25, 0.3) is 6.43 Å². The molecule has 4 heteroatoms. The maximum Gasteiger partial charge on any atom is 0.264 e. The van der Waals surface area contributed by atoms with Gasteiger partial charge in [0, 0.05) is 15.6 Å². The van der Waals surface area contributed by atoms with E-state index in [1.807, 2.05) is 22.6 Å². The topological polar surface area (TPSA) is 17.1 Å². The molecule has 1 aromatic rings. The van der Waals surface area contributed by atoms with E-state index in [1.54, 1.807) is 12.1 Å². The lowest BCUT2D eigenvalue weighted by molar-refractivity contribution is -0.116. The maximum atomic E-state index is 12.5. The highest BCUT2D eigenvalue weighted by Crippen LogP contribution is 2.25. The molecule has 14 heavy (non-hydrogen) atoms. The van der Waals surface area contributed by atoms with Crippen LogP contribution >= 0.6 is 22.6 Å². The van der Waals surface area contributed by atoms with E-state index in [9.17, 15) is 13.6 Å². The standard InChI is InChI=1S/C10H9F2IO/c1-6(14)4-7-2-3-9(13)8(5-7)10(11)12/h2-3,5,10H,4H2,1H3. The first-order valence-electron chi connectivity index (χ1n) is 4.06. The van der Waals surface area contributed by atoms with Crippen molar-refractivity contribution >= 4 is 28.4 Å². The summed E-state index contributed by atoms with van der Waals surface area (Å²) >= 11 is 1.86. The zero-order valence-electron chi connectivity index (χ0n) is 7.56. The van der Waals surface area contributed by atoms with Crippen LogP contribution in [0.3, 0.4) is 0 Å². The van der Waals surface area contributed by atoms with Gasteiger partial charge in [-0.2, -0.15) is 0 Å². The number of hydrogen-bond acceptors (Lipinski definition) is 1. The minimum absolute atomic E-state index is 0.00403. The van der Waals surface area contributed by atoms with Gasteiger partial charge in [0.15, 0.2) is 0 Å². The Hall–Kier alpha value is -0.520. The summed E-state index contributed by atoms with van der Waals surface area (Å²) in [6.07, 6.45) is -2.26. The number of rotatable bonds is 3. The number of alkyl halides is 2. The molecule has 0 N–H and O–H groups in total. The van der Waals surface area contributed by atoms with Crippen LogP contribution in [0.4, 0.5) is 8.78 Å². The number of carbonyl (C=O) groups excluding carboxylic acids is 1. The van der Waals surface area contributed by atoms with Crippen molar-refractivity contribution in [2.45, 2.75) is 19.8 Å². The number of benzene rings is 1. The molecule has 0 saturated carbocycles. The van der Waals surface area contributed by atoms with Crippen molar-refractivity contribution in [1.82, 2.24) is 0 Å². The molecule has 1 aromatic carbocycles. The fourth-order valence-corrected chi connectivity index (χ4v) is 1.73. The lowest BCUT2D eigenvalue weighted by Gasteiger charge is -2.05. The molecule has 0 heterocycles. The Balaban J connectivity index is 3.00. The van der Waals surface area contributed by atoms with E-state index >= 15 is 0 Å². The molecular formula is C10H9F2IO. The smallest absolute Gasteiger partial charge is 0.264 e. The molecule has 0 unspecified atom stereocenters. The number of hydrogen-bond donors (Lipinski definition) is 0. The van der Waals surface area contributed by atoms with Crippen molar-refractivity contribution in [3.63, 3.8) is 0 Å². The number of ketones is 1. The van der Waals surface area contributed by atoms with Crippen LogP contribution in [0.1, 0.15) is 24.5 Å². The maximum absolute atomic E-state index is 12.5. The van der Waals surface area contributed by atoms with E-state index in [0.717, 1.165) is 0 Å². The number of halogens is 3. The van der Waals surface area contributed by atoms with Gasteiger partial charge in [-0.15, -0.1) is 0 Å². The highest BCUT2D eigenvalue weighted by molar-refractivity contribution is 14.1. The van der Waals surface area contributed by atoms with Crippen LogP contribution in [0.2, 0.25) is 0 Å². The van der Waals surface area contributed by atoms with Gasteiger partial charge in [-0.25, -0.2) is 8.78 Å². The van der Waals surface area contributed by atoms with Crippen molar-refractivity contribution in [2.24, 2.45) is 0 Å².